The van der Waals surface area contributed by atoms with E-state index in [9.17, 15) is 0 Å². The predicted molar refractivity (Wildman–Crippen MR) is 58.9 cm³/mol. The van der Waals surface area contributed by atoms with Gasteiger partial charge < -0.3 is 19.9 Å². The summed E-state index contributed by atoms with van der Waals surface area (Å²) in [7, 11) is 1.65. The number of nitrogens with one attached hydrogen (secondary N) is 1. The van der Waals surface area contributed by atoms with E-state index in [0.29, 0.717) is 12.6 Å². The van der Waals surface area contributed by atoms with Crippen molar-refractivity contribution in [1.29, 1.82) is 0 Å². The van der Waals surface area contributed by atoms with Gasteiger partial charge in [0.2, 0.25) is 0 Å². The van der Waals surface area contributed by atoms with Crippen LogP contribution in [-0.4, -0.2) is 49.7 Å². The number of rotatable bonds is 5. The van der Waals surface area contributed by atoms with Gasteiger partial charge in [0.25, 0.3) is 0 Å². The fraction of sp³-hybridized carbons (Fsp3) is 1.00. The number of aliphatic hydroxyl groups excluding tert-OH is 1. The van der Waals surface area contributed by atoms with Crippen molar-refractivity contribution in [2.24, 2.45) is 0 Å². The summed E-state index contributed by atoms with van der Waals surface area (Å²) < 4.78 is 10.7. The number of aliphatic hydroxyl groups is 1. The molecular weight excluding hydrogens is 194 g/mol. The van der Waals surface area contributed by atoms with Crippen LogP contribution in [0.15, 0.2) is 0 Å². The van der Waals surface area contributed by atoms with Crippen LogP contribution in [0, 0.1) is 0 Å². The molecule has 1 fully saturated rings. The molecule has 0 aromatic rings. The number of ether oxygens (including phenoxy) is 2. The van der Waals surface area contributed by atoms with Crippen molar-refractivity contribution in [2.75, 3.05) is 26.9 Å². The van der Waals surface area contributed by atoms with E-state index < -0.39 is 0 Å². The van der Waals surface area contributed by atoms with E-state index in [1.807, 2.05) is 0 Å². The summed E-state index contributed by atoms with van der Waals surface area (Å²) >= 11 is 0. The Balaban J connectivity index is 2.36. The molecule has 0 saturated carbocycles. The Kier molecular flexibility index (Phi) is 4.99. The van der Waals surface area contributed by atoms with Crippen LogP contribution in [0.5, 0.6) is 0 Å². The summed E-state index contributed by atoms with van der Waals surface area (Å²) in [5.41, 5.74) is -0.0526. The Morgan fingerprint density at radius 2 is 2.33 bits per heavy atom. The third-order valence-electron chi connectivity index (χ3n) is 2.76. The Hall–Kier alpha value is -0.160. The lowest BCUT2D eigenvalue weighted by Crippen LogP contribution is -2.49. The molecule has 1 saturated heterocycles. The normalized spacial score (nSPS) is 27.6. The van der Waals surface area contributed by atoms with Crippen molar-refractivity contribution >= 4 is 0 Å². The van der Waals surface area contributed by atoms with E-state index in [2.05, 4.69) is 19.2 Å². The average Bonchev–Trinajstić information content (AvgIpc) is 2.15. The number of methoxy groups -OCH3 is 1. The minimum atomic E-state index is -0.0526. The molecule has 1 aliphatic heterocycles. The maximum Gasteiger partial charge on any atom is 0.0641 e. The second kappa shape index (κ2) is 5.80. The van der Waals surface area contributed by atoms with Gasteiger partial charge in [-0.25, -0.2) is 0 Å². The second-order valence-electron chi connectivity index (χ2n) is 4.80. The first-order valence-electron chi connectivity index (χ1n) is 5.57. The van der Waals surface area contributed by atoms with Gasteiger partial charge in [0, 0.05) is 19.8 Å². The molecular formula is C11H23NO3. The van der Waals surface area contributed by atoms with Crippen LogP contribution >= 0.6 is 0 Å². The van der Waals surface area contributed by atoms with E-state index in [0.717, 1.165) is 19.4 Å². The fourth-order valence-electron chi connectivity index (χ4n) is 2.06. The maximum absolute atomic E-state index is 9.14. The molecule has 2 N–H and O–H groups in total. The zero-order valence-electron chi connectivity index (χ0n) is 9.95. The lowest BCUT2D eigenvalue weighted by Gasteiger charge is -2.37. The lowest BCUT2D eigenvalue weighted by atomic mass is 9.93. The molecule has 1 heterocycles. The van der Waals surface area contributed by atoms with Gasteiger partial charge in [0.1, 0.15) is 0 Å². The molecule has 0 aromatic heterocycles. The average molecular weight is 217 g/mol. The molecule has 0 spiro atoms. The minimum absolute atomic E-state index is 0.0360. The highest BCUT2D eigenvalue weighted by atomic mass is 16.5. The summed E-state index contributed by atoms with van der Waals surface area (Å²) in [6, 6.07) is 0.454. The van der Waals surface area contributed by atoms with E-state index in [-0.39, 0.29) is 18.2 Å². The summed E-state index contributed by atoms with van der Waals surface area (Å²) in [5.74, 6) is 0. The molecule has 15 heavy (non-hydrogen) atoms. The highest BCUT2D eigenvalue weighted by Gasteiger charge is 2.29. The Labute approximate surface area is 92.0 Å². The van der Waals surface area contributed by atoms with Crippen LogP contribution in [0.4, 0.5) is 0 Å². The van der Waals surface area contributed by atoms with Crippen molar-refractivity contribution < 1.29 is 14.6 Å². The molecule has 0 radical (unpaired) electrons. The first-order chi connectivity index (χ1) is 7.07. The Bertz CT molecular complexity index is 185. The molecule has 2 atom stereocenters. The predicted octanol–water partition coefficient (Wildman–Crippen LogP) is 0.541. The van der Waals surface area contributed by atoms with Gasteiger partial charge in [0.05, 0.1) is 24.9 Å². The standard InChI is InChI=1S/C11H23NO3/c1-11(2)6-9(4-5-15-11)12-10(7-13)8-14-3/h9-10,12-13H,4-8H2,1-3H3. The van der Waals surface area contributed by atoms with Crippen LogP contribution < -0.4 is 5.32 Å². The molecule has 90 valence electrons. The van der Waals surface area contributed by atoms with Gasteiger partial charge in [-0.3, -0.25) is 0 Å². The van der Waals surface area contributed by atoms with Crippen molar-refractivity contribution in [3.8, 4) is 0 Å². The number of hydrogen-bond acceptors (Lipinski definition) is 4. The van der Waals surface area contributed by atoms with Gasteiger partial charge >= 0.3 is 0 Å². The monoisotopic (exact) mass is 217 g/mol. The van der Waals surface area contributed by atoms with Crippen molar-refractivity contribution in [3.63, 3.8) is 0 Å². The van der Waals surface area contributed by atoms with E-state index >= 15 is 0 Å². The zero-order chi connectivity index (χ0) is 11.3. The zero-order valence-corrected chi connectivity index (χ0v) is 9.95. The minimum Gasteiger partial charge on any atom is -0.395 e. The van der Waals surface area contributed by atoms with Crippen molar-refractivity contribution in [1.82, 2.24) is 5.32 Å². The van der Waals surface area contributed by atoms with E-state index in [1.54, 1.807) is 7.11 Å². The van der Waals surface area contributed by atoms with Gasteiger partial charge in [-0.15, -0.1) is 0 Å². The van der Waals surface area contributed by atoms with Crippen LogP contribution in [-0.2, 0) is 9.47 Å². The molecule has 2 unspecified atom stereocenters. The highest BCUT2D eigenvalue weighted by molar-refractivity contribution is 4.85. The van der Waals surface area contributed by atoms with Gasteiger partial charge in [-0.2, -0.15) is 0 Å². The summed E-state index contributed by atoms with van der Waals surface area (Å²) in [5, 5.41) is 12.6. The largest absolute Gasteiger partial charge is 0.395 e. The molecule has 4 heteroatoms. The SMILES string of the molecule is COCC(CO)NC1CCOC(C)(C)C1. The molecule has 1 aliphatic rings. The third-order valence-corrected chi connectivity index (χ3v) is 2.76. The van der Waals surface area contributed by atoms with Gasteiger partial charge in [-0.05, 0) is 26.7 Å². The Morgan fingerprint density at radius 1 is 1.60 bits per heavy atom. The Morgan fingerprint density at radius 3 is 2.87 bits per heavy atom. The molecule has 0 aromatic carbocycles. The third kappa shape index (κ3) is 4.47. The van der Waals surface area contributed by atoms with E-state index in [1.165, 1.54) is 0 Å². The topological polar surface area (TPSA) is 50.7 Å². The molecule has 0 bridgehead atoms. The lowest BCUT2D eigenvalue weighted by molar-refractivity contribution is -0.0660. The quantitative estimate of drug-likeness (QED) is 0.706. The van der Waals surface area contributed by atoms with Gasteiger partial charge in [0.15, 0.2) is 0 Å². The second-order valence-corrected chi connectivity index (χ2v) is 4.80. The van der Waals surface area contributed by atoms with Crippen LogP contribution in [0.2, 0.25) is 0 Å². The summed E-state index contributed by atoms with van der Waals surface area (Å²) in [4.78, 5) is 0. The van der Waals surface area contributed by atoms with Crippen LogP contribution in [0.25, 0.3) is 0 Å². The first kappa shape index (κ1) is 12.9. The molecule has 4 nitrogen and oxygen atoms in total. The highest BCUT2D eigenvalue weighted by Crippen LogP contribution is 2.24. The smallest absolute Gasteiger partial charge is 0.0641 e. The van der Waals surface area contributed by atoms with Crippen molar-refractivity contribution in [3.05, 3.63) is 0 Å². The van der Waals surface area contributed by atoms with Gasteiger partial charge in [-0.1, -0.05) is 0 Å². The van der Waals surface area contributed by atoms with Crippen LogP contribution in [0.3, 0.4) is 0 Å². The van der Waals surface area contributed by atoms with Crippen LogP contribution in [0.1, 0.15) is 26.7 Å². The summed E-state index contributed by atoms with van der Waals surface area (Å²) in [6.45, 7) is 5.66. The maximum atomic E-state index is 9.14. The number of hydrogen-bond donors (Lipinski definition) is 2. The molecule has 1 rings (SSSR count). The first-order valence-corrected chi connectivity index (χ1v) is 5.57. The van der Waals surface area contributed by atoms with E-state index in [4.69, 9.17) is 14.6 Å². The summed E-state index contributed by atoms with van der Waals surface area (Å²) in [6.07, 6.45) is 1.98. The van der Waals surface area contributed by atoms with Crippen molar-refractivity contribution in [2.45, 2.75) is 44.4 Å². The molecule has 0 aliphatic carbocycles. The molecule has 0 amide bonds. The fourth-order valence-corrected chi connectivity index (χ4v) is 2.06.